The summed E-state index contributed by atoms with van der Waals surface area (Å²) in [6.45, 7) is 5.51. The summed E-state index contributed by atoms with van der Waals surface area (Å²) >= 11 is 1.74. The zero-order valence-corrected chi connectivity index (χ0v) is 17.3. The van der Waals surface area contributed by atoms with Gasteiger partial charge in [-0.25, -0.2) is 0 Å². The van der Waals surface area contributed by atoms with Crippen molar-refractivity contribution in [1.82, 2.24) is 9.47 Å². The molecule has 2 aromatic heterocycles. The first-order chi connectivity index (χ1) is 13.5. The first-order valence-electron chi connectivity index (χ1n) is 9.46. The van der Waals surface area contributed by atoms with E-state index in [-0.39, 0.29) is 5.91 Å². The minimum Gasteiger partial charge on any atom is -0.336 e. The summed E-state index contributed by atoms with van der Waals surface area (Å²) in [5.41, 5.74) is 5.46. The number of rotatable bonds is 5. The monoisotopic (exact) mass is 388 g/mol. The molecular weight excluding hydrogens is 364 g/mol. The number of hydrogen-bond acceptors (Lipinski definition) is 2. The van der Waals surface area contributed by atoms with Crippen molar-refractivity contribution in [3.8, 4) is 0 Å². The Hall–Kier alpha value is -2.85. The van der Waals surface area contributed by atoms with Gasteiger partial charge < -0.3 is 9.47 Å². The fraction of sp³-hybridized carbons (Fsp3) is 0.208. The first-order valence-corrected chi connectivity index (χ1v) is 10.3. The normalized spacial score (nSPS) is 11.1. The van der Waals surface area contributed by atoms with Gasteiger partial charge in [-0.1, -0.05) is 60.2 Å². The number of thiophene rings is 1. The van der Waals surface area contributed by atoms with E-state index in [4.69, 9.17) is 0 Å². The van der Waals surface area contributed by atoms with E-state index < -0.39 is 0 Å². The standard InChI is InChI=1S/C24H24N2OS/c1-17-8-7-11-20(12-17)16-26-21-13-18(2)28-23(21)14-22(26)24(27)25(3)15-19-9-5-4-6-10-19/h4-14H,15-16H2,1-3H3. The predicted octanol–water partition coefficient (Wildman–Crippen LogP) is 5.64. The molecule has 0 bridgehead atoms. The molecule has 0 aliphatic rings. The van der Waals surface area contributed by atoms with Crippen molar-refractivity contribution < 1.29 is 4.79 Å². The number of benzene rings is 2. The van der Waals surface area contributed by atoms with E-state index in [1.165, 1.54) is 20.7 Å². The van der Waals surface area contributed by atoms with Crippen molar-refractivity contribution in [2.45, 2.75) is 26.9 Å². The van der Waals surface area contributed by atoms with E-state index in [0.29, 0.717) is 13.1 Å². The van der Waals surface area contributed by atoms with E-state index in [0.717, 1.165) is 16.8 Å². The van der Waals surface area contributed by atoms with Crippen LogP contribution in [0.5, 0.6) is 0 Å². The lowest BCUT2D eigenvalue weighted by molar-refractivity contribution is 0.0775. The first kappa shape index (κ1) is 18.5. The number of amides is 1. The molecule has 0 atom stereocenters. The smallest absolute Gasteiger partial charge is 0.270 e. The summed E-state index contributed by atoms with van der Waals surface area (Å²) in [5, 5.41) is 0. The Morgan fingerprint density at radius 2 is 1.71 bits per heavy atom. The van der Waals surface area contributed by atoms with Crippen LogP contribution in [0.25, 0.3) is 10.2 Å². The summed E-state index contributed by atoms with van der Waals surface area (Å²) in [6, 6.07) is 22.8. The fourth-order valence-corrected chi connectivity index (χ4v) is 4.59. The van der Waals surface area contributed by atoms with Gasteiger partial charge in [0, 0.05) is 25.0 Å². The van der Waals surface area contributed by atoms with Crippen LogP contribution in [-0.4, -0.2) is 22.4 Å². The summed E-state index contributed by atoms with van der Waals surface area (Å²) in [5.74, 6) is 0.0533. The van der Waals surface area contributed by atoms with Gasteiger partial charge >= 0.3 is 0 Å². The highest BCUT2D eigenvalue weighted by atomic mass is 32.1. The molecule has 0 spiro atoms. The van der Waals surface area contributed by atoms with Crippen LogP contribution in [0.15, 0.2) is 66.7 Å². The van der Waals surface area contributed by atoms with Crippen LogP contribution in [-0.2, 0) is 13.1 Å². The number of aromatic nitrogens is 1. The Labute approximate surface area is 169 Å². The van der Waals surface area contributed by atoms with Gasteiger partial charge in [0.15, 0.2) is 0 Å². The second-order valence-corrected chi connectivity index (χ2v) is 8.65. The van der Waals surface area contributed by atoms with E-state index in [1.807, 2.05) is 31.3 Å². The Kier molecular flexibility index (Phi) is 5.05. The maximum absolute atomic E-state index is 13.3. The van der Waals surface area contributed by atoms with Crippen molar-refractivity contribution in [2.24, 2.45) is 0 Å². The molecule has 4 heteroatoms. The molecule has 142 valence electrons. The van der Waals surface area contributed by atoms with Gasteiger partial charge in [0.25, 0.3) is 5.91 Å². The third-order valence-electron chi connectivity index (χ3n) is 4.96. The van der Waals surface area contributed by atoms with Gasteiger partial charge in [-0.3, -0.25) is 4.79 Å². The minimum atomic E-state index is 0.0533. The Bertz CT molecular complexity index is 1120. The van der Waals surface area contributed by atoms with Gasteiger partial charge in [0.05, 0.1) is 10.2 Å². The van der Waals surface area contributed by atoms with E-state index in [9.17, 15) is 4.79 Å². The van der Waals surface area contributed by atoms with E-state index >= 15 is 0 Å². The van der Waals surface area contributed by atoms with Crippen LogP contribution in [0.2, 0.25) is 0 Å². The number of nitrogens with zero attached hydrogens (tertiary/aromatic N) is 2. The van der Waals surface area contributed by atoms with Crippen molar-refractivity contribution >= 4 is 27.5 Å². The topological polar surface area (TPSA) is 25.2 Å². The molecule has 0 aliphatic heterocycles. The zero-order valence-electron chi connectivity index (χ0n) is 16.5. The Morgan fingerprint density at radius 1 is 0.964 bits per heavy atom. The maximum Gasteiger partial charge on any atom is 0.270 e. The number of carbonyl (C=O) groups is 1. The molecule has 4 rings (SSSR count). The van der Waals surface area contributed by atoms with Crippen molar-refractivity contribution in [1.29, 1.82) is 0 Å². The van der Waals surface area contributed by atoms with Gasteiger partial charge in [0.1, 0.15) is 5.69 Å². The lowest BCUT2D eigenvalue weighted by Crippen LogP contribution is -2.28. The van der Waals surface area contributed by atoms with Crippen LogP contribution in [0.4, 0.5) is 0 Å². The molecular formula is C24H24N2OS. The Balaban J connectivity index is 1.69. The average molecular weight is 389 g/mol. The van der Waals surface area contributed by atoms with Crippen molar-refractivity contribution in [3.63, 3.8) is 0 Å². The molecule has 0 fully saturated rings. The van der Waals surface area contributed by atoms with Gasteiger partial charge in [0.2, 0.25) is 0 Å². The lowest BCUT2D eigenvalue weighted by Gasteiger charge is -2.19. The summed E-state index contributed by atoms with van der Waals surface area (Å²) < 4.78 is 3.33. The summed E-state index contributed by atoms with van der Waals surface area (Å²) in [6.07, 6.45) is 0. The van der Waals surface area contributed by atoms with Crippen LogP contribution >= 0.6 is 11.3 Å². The number of aryl methyl sites for hydroxylation is 2. The predicted molar refractivity (Wildman–Crippen MR) is 117 cm³/mol. The second kappa shape index (κ2) is 7.64. The molecule has 2 heterocycles. The molecule has 0 saturated heterocycles. The fourth-order valence-electron chi connectivity index (χ4n) is 3.63. The van der Waals surface area contributed by atoms with Gasteiger partial charge in [-0.15, -0.1) is 11.3 Å². The highest BCUT2D eigenvalue weighted by Crippen LogP contribution is 2.30. The molecule has 0 radical (unpaired) electrons. The van der Waals surface area contributed by atoms with Crippen molar-refractivity contribution in [2.75, 3.05) is 7.05 Å². The third-order valence-corrected chi connectivity index (χ3v) is 5.95. The quantitative estimate of drug-likeness (QED) is 0.434. The number of carbonyl (C=O) groups excluding carboxylic acids is 1. The van der Waals surface area contributed by atoms with Gasteiger partial charge in [-0.05, 0) is 37.1 Å². The number of fused-ring (bicyclic) bond motifs is 1. The van der Waals surface area contributed by atoms with Crippen LogP contribution in [0, 0.1) is 13.8 Å². The largest absolute Gasteiger partial charge is 0.336 e. The molecule has 4 aromatic rings. The highest BCUT2D eigenvalue weighted by Gasteiger charge is 2.20. The zero-order chi connectivity index (χ0) is 19.7. The van der Waals surface area contributed by atoms with Crippen LogP contribution in [0.1, 0.15) is 32.1 Å². The van der Waals surface area contributed by atoms with Gasteiger partial charge in [-0.2, -0.15) is 0 Å². The minimum absolute atomic E-state index is 0.0533. The molecule has 2 aromatic carbocycles. The van der Waals surface area contributed by atoms with Crippen molar-refractivity contribution in [3.05, 3.63) is 94.0 Å². The summed E-state index contributed by atoms with van der Waals surface area (Å²) in [7, 11) is 1.87. The second-order valence-electron chi connectivity index (χ2n) is 7.36. The van der Waals surface area contributed by atoms with E-state index in [1.54, 1.807) is 16.2 Å². The molecule has 0 unspecified atom stereocenters. The molecule has 0 aliphatic carbocycles. The molecule has 0 saturated carbocycles. The molecule has 3 nitrogen and oxygen atoms in total. The number of hydrogen-bond donors (Lipinski definition) is 0. The summed E-state index contributed by atoms with van der Waals surface area (Å²) in [4.78, 5) is 16.4. The Morgan fingerprint density at radius 3 is 2.46 bits per heavy atom. The SMILES string of the molecule is Cc1cccc(Cn2c(C(=O)N(C)Cc3ccccc3)cc3sc(C)cc32)c1. The maximum atomic E-state index is 13.3. The third kappa shape index (κ3) is 3.73. The van der Waals surface area contributed by atoms with Crippen LogP contribution in [0.3, 0.4) is 0 Å². The molecule has 0 N–H and O–H groups in total. The highest BCUT2D eigenvalue weighted by molar-refractivity contribution is 7.19. The van der Waals surface area contributed by atoms with E-state index in [2.05, 4.69) is 60.9 Å². The molecule has 28 heavy (non-hydrogen) atoms. The average Bonchev–Trinajstić information content (AvgIpc) is 3.19. The lowest BCUT2D eigenvalue weighted by atomic mass is 10.1. The molecule has 1 amide bonds. The van der Waals surface area contributed by atoms with Crippen LogP contribution < -0.4 is 0 Å².